The molecule has 1 saturated heterocycles. The van der Waals surface area contributed by atoms with Crippen molar-refractivity contribution < 1.29 is 19.4 Å². The third-order valence-electron chi connectivity index (χ3n) is 2.08. The maximum Gasteiger partial charge on any atom is 0.225 e. The molecule has 1 heterocycles. The van der Waals surface area contributed by atoms with Crippen LogP contribution in [0.5, 0.6) is 0 Å². The van der Waals surface area contributed by atoms with Crippen LogP contribution in [0.25, 0.3) is 0 Å². The van der Waals surface area contributed by atoms with E-state index in [1.807, 2.05) is 0 Å². The van der Waals surface area contributed by atoms with Crippen molar-refractivity contribution in [2.75, 3.05) is 39.6 Å². The van der Waals surface area contributed by atoms with E-state index in [4.69, 9.17) is 14.6 Å². The molecule has 0 bridgehead atoms. The second-order valence-corrected chi connectivity index (χ2v) is 3.19. The van der Waals surface area contributed by atoms with E-state index in [2.05, 4.69) is 5.32 Å². The molecule has 82 valence electrons. The molecule has 14 heavy (non-hydrogen) atoms. The fourth-order valence-corrected chi connectivity index (χ4v) is 1.30. The van der Waals surface area contributed by atoms with Gasteiger partial charge in [0.1, 0.15) is 0 Å². The van der Waals surface area contributed by atoms with E-state index in [0.29, 0.717) is 33.0 Å². The van der Waals surface area contributed by atoms with Gasteiger partial charge in [-0.15, -0.1) is 0 Å². The van der Waals surface area contributed by atoms with E-state index in [1.165, 1.54) is 0 Å². The Labute approximate surface area is 83.4 Å². The molecule has 1 atom stereocenters. The Morgan fingerprint density at radius 3 is 3.07 bits per heavy atom. The molecule has 2 N–H and O–H groups in total. The highest BCUT2D eigenvalue weighted by molar-refractivity contribution is 5.78. The number of aliphatic hydroxyl groups is 1. The predicted octanol–water partition coefficient (Wildman–Crippen LogP) is -0.852. The van der Waals surface area contributed by atoms with Crippen LogP contribution in [0.1, 0.15) is 6.42 Å². The molecule has 0 aliphatic carbocycles. The summed E-state index contributed by atoms with van der Waals surface area (Å²) >= 11 is 0. The van der Waals surface area contributed by atoms with Gasteiger partial charge in [0.05, 0.1) is 32.3 Å². The minimum Gasteiger partial charge on any atom is -0.394 e. The molecule has 5 heteroatoms. The predicted molar refractivity (Wildman–Crippen MR) is 49.8 cm³/mol. The van der Waals surface area contributed by atoms with E-state index < -0.39 is 0 Å². The molecule has 0 saturated carbocycles. The van der Waals surface area contributed by atoms with Gasteiger partial charge in [-0.3, -0.25) is 4.79 Å². The van der Waals surface area contributed by atoms with Crippen molar-refractivity contribution in [3.63, 3.8) is 0 Å². The average Bonchev–Trinajstić information content (AvgIpc) is 2.70. The number of nitrogens with one attached hydrogen (secondary N) is 1. The Hall–Kier alpha value is -0.650. The van der Waals surface area contributed by atoms with Crippen molar-refractivity contribution in [2.45, 2.75) is 6.42 Å². The average molecular weight is 203 g/mol. The van der Waals surface area contributed by atoms with Gasteiger partial charge in [0.25, 0.3) is 0 Å². The summed E-state index contributed by atoms with van der Waals surface area (Å²) in [7, 11) is 0. The van der Waals surface area contributed by atoms with Crippen molar-refractivity contribution in [3.05, 3.63) is 0 Å². The van der Waals surface area contributed by atoms with Crippen LogP contribution in [-0.4, -0.2) is 50.6 Å². The first-order valence-electron chi connectivity index (χ1n) is 4.88. The standard InChI is InChI=1S/C9H17NO4/c11-3-6-13-5-2-10-9(12)8-1-4-14-7-8/h8,11H,1-7H2,(H,10,12). The van der Waals surface area contributed by atoms with Crippen molar-refractivity contribution >= 4 is 5.91 Å². The lowest BCUT2D eigenvalue weighted by Gasteiger charge is -2.08. The van der Waals surface area contributed by atoms with Crippen molar-refractivity contribution in [1.82, 2.24) is 5.32 Å². The Balaban J connectivity index is 1.97. The van der Waals surface area contributed by atoms with Crippen molar-refractivity contribution in [3.8, 4) is 0 Å². The van der Waals surface area contributed by atoms with Crippen LogP contribution in [0.15, 0.2) is 0 Å². The molecule has 1 amide bonds. The maximum atomic E-state index is 11.4. The number of rotatable bonds is 6. The molecule has 0 spiro atoms. The Bertz CT molecular complexity index is 168. The SMILES string of the molecule is O=C(NCCOCCO)C1CCOC1. The zero-order chi connectivity index (χ0) is 10.2. The normalized spacial score (nSPS) is 21.1. The molecular formula is C9H17NO4. The van der Waals surface area contributed by atoms with E-state index in [9.17, 15) is 4.79 Å². The van der Waals surface area contributed by atoms with E-state index >= 15 is 0 Å². The second kappa shape index (κ2) is 6.75. The maximum absolute atomic E-state index is 11.4. The Kier molecular flexibility index (Phi) is 5.51. The van der Waals surface area contributed by atoms with Gasteiger partial charge in [0, 0.05) is 13.2 Å². The fraction of sp³-hybridized carbons (Fsp3) is 0.889. The van der Waals surface area contributed by atoms with Crippen LogP contribution in [0, 0.1) is 5.92 Å². The Morgan fingerprint density at radius 1 is 1.57 bits per heavy atom. The summed E-state index contributed by atoms with van der Waals surface area (Å²) in [6.07, 6.45) is 0.809. The summed E-state index contributed by atoms with van der Waals surface area (Å²) in [5.74, 6) is 0.0444. The molecule has 0 radical (unpaired) electrons. The highest BCUT2D eigenvalue weighted by atomic mass is 16.5. The second-order valence-electron chi connectivity index (χ2n) is 3.19. The van der Waals surface area contributed by atoms with Gasteiger partial charge in [-0.2, -0.15) is 0 Å². The number of aliphatic hydroxyl groups excluding tert-OH is 1. The van der Waals surface area contributed by atoms with Gasteiger partial charge < -0.3 is 19.9 Å². The lowest BCUT2D eigenvalue weighted by Crippen LogP contribution is -2.33. The zero-order valence-corrected chi connectivity index (χ0v) is 8.20. The third-order valence-corrected chi connectivity index (χ3v) is 2.08. The number of carbonyl (C=O) groups excluding carboxylic acids is 1. The summed E-state index contributed by atoms with van der Waals surface area (Å²) < 4.78 is 10.1. The van der Waals surface area contributed by atoms with Gasteiger partial charge in [-0.1, -0.05) is 0 Å². The van der Waals surface area contributed by atoms with Gasteiger partial charge in [-0.25, -0.2) is 0 Å². The lowest BCUT2D eigenvalue weighted by molar-refractivity contribution is -0.125. The van der Waals surface area contributed by atoms with Gasteiger partial charge in [0.15, 0.2) is 0 Å². The third kappa shape index (κ3) is 4.04. The highest BCUT2D eigenvalue weighted by Crippen LogP contribution is 2.11. The monoisotopic (exact) mass is 203 g/mol. The molecule has 5 nitrogen and oxygen atoms in total. The van der Waals surface area contributed by atoms with E-state index in [1.54, 1.807) is 0 Å². The van der Waals surface area contributed by atoms with Crippen LogP contribution >= 0.6 is 0 Å². The summed E-state index contributed by atoms with van der Waals surface area (Å²) in [5, 5.41) is 11.2. The lowest BCUT2D eigenvalue weighted by atomic mass is 10.1. The highest BCUT2D eigenvalue weighted by Gasteiger charge is 2.22. The molecule has 0 aromatic carbocycles. The number of amides is 1. The minimum absolute atomic E-state index is 0.00726. The molecule has 0 aromatic heterocycles. The zero-order valence-electron chi connectivity index (χ0n) is 8.20. The fourth-order valence-electron chi connectivity index (χ4n) is 1.30. The van der Waals surface area contributed by atoms with Crippen molar-refractivity contribution in [1.29, 1.82) is 0 Å². The molecule has 1 fully saturated rings. The molecule has 1 aliphatic heterocycles. The molecule has 1 unspecified atom stereocenters. The van der Waals surface area contributed by atoms with Crippen LogP contribution in [0.3, 0.4) is 0 Å². The first-order chi connectivity index (χ1) is 6.84. The van der Waals surface area contributed by atoms with E-state index in [0.717, 1.165) is 6.42 Å². The van der Waals surface area contributed by atoms with Gasteiger partial charge in [0.2, 0.25) is 5.91 Å². The first-order valence-corrected chi connectivity index (χ1v) is 4.88. The Morgan fingerprint density at radius 2 is 2.43 bits per heavy atom. The minimum atomic E-state index is 0.00726. The summed E-state index contributed by atoms with van der Waals surface area (Å²) in [6, 6.07) is 0. The largest absolute Gasteiger partial charge is 0.394 e. The molecule has 1 aliphatic rings. The van der Waals surface area contributed by atoms with Crippen LogP contribution in [-0.2, 0) is 14.3 Å². The summed E-state index contributed by atoms with van der Waals surface area (Å²) in [4.78, 5) is 11.4. The number of ether oxygens (including phenoxy) is 2. The van der Waals surface area contributed by atoms with Gasteiger partial charge in [-0.05, 0) is 6.42 Å². The number of hydrogen-bond donors (Lipinski definition) is 2. The smallest absolute Gasteiger partial charge is 0.225 e. The van der Waals surface area contributed by atoms with Crippen molar-refractivity contribution in [2.24, 2.45) is 5.92 Å². The van der Waals surface area contributed by atoms with E-state index in [-0.39, 0.29) is 18.4 Å². The first kappa shape index (κ1) is 11.4. The van der Waals surface area contributed by atoms with Crippen LogP contribution < -0.4 is 5.32 Å². The number of carbonyl (C=O) groups is 1. The number of hydrogen-bond acceptors (Lipinski definition) is 4. The molecule has 0 aromatic rings. The summed E-state index contributed by atoms with van der Waals surface area (Å²) in [6.45, 7) is 2.49. The van der Waals surface area contributed by atoms with Crippen LogP contribution in [0.4, 0.5) is 0 Å². The van der Waals surface area contributed by atoms with Crippen LogP contribution in [0.2, 0.25) is 0 Å². The quantitative estimate of drug-likeness (QED) is 0.552. The summed E-state index contributed by atoms with van der Waals surface area (Å²) in [5.41, 5.74) is 0. The molecule has 1 rings (SSSR count). The topological polar surface area (TPSA) is 67.8 Å². The van der Waals surface area contributed by atoms with Gasteiger partial charge >= 0.3 is 0 Å². The molecular weight excluding hydrogens is 186 g/mol.